The Hall–Kier alpha value is -4.18. The number of hydrogen-bond donors (Lipinski definition) is 1. The lowest BCUT2D eigenvalue weighted by molar-refractivity contribution is -0.116. The molecule has 3 aromatic rings. The highest BCUT2D eigenvalue weighted by atomic mass is 16.5. The molecule has 7 heteroatoms. The van der Waals surface area contributed by atoms with Gasteiger partial charge in [-0.15, -0.1) is 6.58 Å². The van der Waals surface area contributed by atoms with E-state index in [-0.39, 0.29) is 23.6 Å². The Morgan fingerprint density at radius 1 is 1.31 bits per heavy atom. The maximum atomic E-state index is 13.0. The first-order chi connectivity index (χ1) is 14.0. The molecule has 1 aromatic carbocycles. The molecule has 2 aromatic heterocycles. The number of nitrogens with one attached hydrogen (secondary N) is 1. The van der Waals surface area contributed by atoms with Gasteiger partial charge >= 0.3 is 0 Å². The molecule has 0 bridgehead atoms. The lowest BCUT2D eigenvalue weighted by Crippen LogP contribution is -2.25. The van der Waals surface area contributed by atoms with Gasteiger partial charge in [0.2, 0.25) is 5.88 Å². The molecule has 0 aliphatic rings. The topological polar surface area (TPSA) is 96.5 Å². The van der Waals surface area contributed by atoms with Crippen LogP contribution in [-0.2, 0) is 4.79 Å². The predicted molar refractivity (Wildman–Crippen MR) is 110 cm³/mol. The van der Waals surface area contributed by atoms with E-state index in [0.717, 1.165) is 5.56 Å². The first-order valence-corrected chi connectivity index (χ1v) is 8.80. The van der Waals surface area contributed by atoms with Crippen molar-refractivity contribution in [3.05, 3.63) is 88.4 Å². The van der Waals surface area contributed by atoms with E-state index < -0.39 is 11.5 Å². The summed E-state index contributed by atoms with van der Waals surface area (Å²) < 4.78 is 7.16. The molecule has 1 amide bonds. The Morgan fingerprint density at radius 3 is 2.76 bits per heavy atom. The standard InChI is InChI=1S/C22H18N4O3/c1-3-11-24-20(27)16(14-23)13-18-21(29-17-9-7-15(2)8-10-17)25-19-6-4-5-12-26(19)22(18)28/h3-10,12-13H,1,11H2,2H3,(H,24,27). The van der Waals surface area contributed by atoms with Crippen LogP contribution < -0.4 is 15.6 Å². The van der Waals surface area contributed by atoms with Crippen LogP contribution >= 0.6 is 0 Å². The lowest BCUT2D eigenvalue weighted by Gasteiger charge is -2.10. The van der Waals surface area contributed by atoms with Crippen molar-refractivity contribution in [3.8, 4) is 17.7 Å². The van der Waals surface area contributed by atoms with Gasteiger partial charge in [0.25, 0.3) is 11.5 Å². The third-order valence-electron chi connectivity index (χ3n) is 4.03. The minimum atomic E-state index is -0.619. The SMILES string of the molecule is C=CCNC(=O)C(C#N)=Cc1c(Oc2ccc(C)cc2)nc2ccccn2c1=O. The van der Waals surface area contributed by atoms with E-state index in [4.69, 9.17) is 4.74 Å². The number of ether oxygens (including phenoxy) is 1. The van der Waals surface area contributed by atoms with Gasteiger partial charge in [-0.05, 0) is 37.3 Å². The fourth-order valence-electron chi connectivity index (χ4n) is 2.55. The molecule has 0 saturated carbocycles. The van der Waals surface area contributed by atoms with Gasteiger partial charge in [0.15, 0.2) is 0 Å². The summed E-state index contributed by atoms with van der Waals surface area (Å²) in [6, 6.07) is 14.1. The highest BCUT2D eigenvalue weighted by Gasteiger charge is 2.17. The van der Waals surface area contributed by atoms with Crippen LogP contribution in [0.25, 0.3) is 11.7 Å². The van der Waals surface area contributed by atoms with Crippen LogP contribution in [-0.4, -0.2) is 21.8 Å². The quantitative estimate of drug-likeness (QED) is 0.399. The molecule has 0 spiro atoms. The van der Waals surface area contributed by atoms with E-state index in [0.29, 0.717) is 11.4 Å². The summed E-state index contributed by atoms with van der Waals surface area (Å²) in [5, 5.41) is 11.9. The molecule has 0 fully saturated rings. The molecule has 0 atom stereocenters. The highest BCUT2D eigenvalue weighted by Crippen LogP contribution is 2.24. The minimum absolute atomic E-state index is 0.000391. The van der Waals surface area contributed by atoms with Crippen molar-refractivity contribution in [2.24, 2.45) is 0 Å². The molecule has 144 valence electrons. The van der Waals surface area contributed by atoms with E-state index >= 15 is 0 Å². The molecular weight excluding hydrogens is 368 g/mol. The Kier molecular flexibility index (Phi) is 5.85. The van der Waals surface area contributed by atoms with Crippen LogP contribution in [0.4, 0.5) is 0 Å². The molecule has 0 aliphatic carbocycles. The summed E-state index contributed by atoms with van der Waals surface area (Å²) >= 11 is 0. The number of nitrogens with zero attached hydrogens (tertiary/aromatic N) is 3. The van der Waals surface area contributed by atoms with Crippen molar-refractivity contribution in [2.45, 2.75) is 6.92 Å². The van der Waals surface area contributed by atoms with Crippen LogP contribution in [0.3, 0.4) is 0 Å². The molecule has 29 heavy (non-hydrogen) atoms. The average Bonchev–Trinajstić information content (AvgIpc) is 2.73. The van der Waals surface area contributed by atoms with Crippen molar-refractivity contribution < 1.29 is 9.53 Å². The van der Waals surface area contributed by atoms with Crippen molar-refractivity contribution in [1.29, 1.82) is 5.26 Å². The molecule has 1 N–H and O–H groups in total. The normalized spacial score (nSPS) is 11.0. The fraction of sp³-hybridized carbons (Fsp3) is 0.0909. The first-order valence-electron chi connectivity index (χ1n) is 8.80. The number of nitriles is 1. The number of carbonyl (C=O) groups is 1. The van der Waals surface area contributed by atoms with E-state index in [1.807, 2.05) is 25.1 Å². The summed E-state index contributed by atoms with van der Waals surface area (Å²) in [5.41, 5.74) is 0.734. The number of hydrogen-bond acceptors (Lipinski definition) is 5. The molecule has 0 aliphatic heterocycles. The Morgan fingerprint density at radius 2 is 2.07 bits per heavy atom. The largest absolute Gasteiger partial charge is 0.438 e. The van der Waals surface area contributed by atoms with Gasteiger partial charge in [0, 0.05) is 12.7 Å². The second kappa shape index (κ2) is 8.67. The summed E-state index contributed by atoms with van der Waals surface area (Å²) in [4.78, 5) is 29.6. The number of fused-ring (bicyclic) bond motifs is 1. The zero-order valence-corrected chi connectivity index (χ0v) is 15.8. The summed E-state index contributed by atoms with van der Waals surface area (Å²) in [6.45, 7) is 5.65. The van der Waals surface area contributed by atoms with Crippen molar-refractivity contribution in [1.82, 2.24) is 14.7 Å². The van der Waals surface area contributed by atoms with Gasteiger partial charge < -0.3 is 10.1 Å². The van der Waals surface area contributed by atoms with Gasteiger partial charge in [-0.3, -0.25) is 14.0 Å². The predicted octanol–water partition coefficient (Wildman–Crippen LogP) is 3.00. The maximum absolute atomic E-state index is 13.0. The maximum Gasteiger partial charge on any atom is 0.269 e. The van der Waals surface area contributed by atoms with Gasteiger partial charge in [-0.1, -0.05) is 29.8 Å². The summed E-state index contributed by atoms with van der Waals surface area (Å²) in [7, 11) is 0. The number of aromatic nitrogens is 2. The number of pyridine rings is 1. The fourth-order valence-corrected chi connectivity index (χ4v) is 2.55. The van der Waals surface area contributed by atoms with E-state index in [1.165, 1.54) is 16.6 Å². The van der Waals surface area contributed by atoms with Crippen LogP contribution in [0.15, 0.2) is 71.7 Å². The van der Waals surface area contributed by atoms with E-state index in [1.54, 1.807) is 36.5 Å². The number of carbonyl (C=O) groups excluding carboxylic acids is 1. The Labute approximate surface area is 167 Å². The van der Waals surface area contributed by atoms with Gasteiger partial charge in [-0.25, -0.2) is 0 Å². The molecular formula is C22H18N4O3. The number of aryl methyl sites for hydroxylation is 1. The van der Waals surface area contributed by atoms with E-state index in [2.05, 4.69) is 16.9 Å². The number of rotatable bonds is 6. The van der Waals surface area contributed by atoms with Gasteiger partial charge in [0.1, 0.15) is 28.6 Å². The molecule has 7 nitrogen and oxygen atoms in total. The van der Waals surface area contributed by atoms with Crippen molar-refractivity contribution in [2.75, 3.05) is 6.54 Å². The molecule has 0 unspecified atom stereocenters. The Bertz CT molecular complexity index is 1200. The van der Waals surface area contributed by atoms with E-state index in [9.17, 15) is 14.9 Å². The summed E-state index contributed by atoms with van der Waals surface area (Å²) in [6.07, 6.45) is 4.24. The van der Waals surface area contributed by atoms with Crippen LogP contribution in [0, 0.1) is 18.3 Å². The molecule has 0 radical (unpaired) electrons. The minimum Gasteiger partial charge on any atom is -0.438 e. The smallest absolute Gasteiger partial charge is 0.269 e. The average molecular weight is 386 g/mol. The molecule has 2 heterocycles. The van der Waals surface area contributed by atoms with Gasteiger partial charge in [0.05, 0.1) is 0 Å². The van der Waals surface area contributed by atoms with Crippen molar-refractivity contribution in [3.63, 3.8) is 0 Å². The van der Waals surface area contributed by atoms with Crippen LogP contribution in [0.2, 0.25) is 0 Å². The van der Waals surface area contributed by atoms with Crippen LogP contribution in [0.5, 0.6) is 11.6 Å². The third-order valence-corrected chi connectivity index (χ3v) is 4.03. The zero-order chi connectivity index (χ0) is 20.8. The zero-order valence-electron chi connectivity index (χ0n) is 15.8. The summed E-state index contributed by atoms with van der Waals surface area (Å²) in [5.74, 6) is -0.132. The van der Waals surface area contributed by atoms with Crippen LogP contribution in [0.1, 0.15) is 11.1 Å². The Balaban J connectivity index is 2.16. The first kappa shape index (κ1) is 19.6. The van der Waals surface area contributed by atoms with Gasteiger partial charge in [-0.2, -0.15) is 10.2 Å². The monoisotopic (exact) mass is 386 g/mol. The number of benzene rings is 1. The highest BCUT2D eigenvalue weighted by molar-refractivity contribution is 6.02. The number of amides is 1. The second-order valence-corrected chi connectivity index (χ2v) is 6.15. The molecule has 0 saturated heterocycles. The van der Waals surface area contributed by atoms with Crippen molar-refractivity contribution >= 4 is 17.6 Å². The lowest BCUT2D eigenvalue weighted by atomic mass is 10.1. The molecule has 3 rings (SSSR count). The second-order valence-electron chi connectivity index (χ2n) is 6.15. The third kappa shape index (κ3) is 4.39.